The molecule has 11 heteroatoms. The van der Waals surface area contributed by atoms with Crippen molar-refractivity contribution in [2.45, 2.75) is 11.3 Å². The molecule has 0 saturated heterocycles. The highest BCUT2D eigenvalue weighted by Gasteiger charge is 2.19. The molecule has 1 aromatic heterocycles. The highest BCUT2D eigenvalue weighted by atomic mass is 35.5. The number of hydrogen-bond acceptors (Lipinski definition) is 7. The molecule has 1 heterocycles. The number of aromatic nitrogens is 2. The van der Waals surface area contributed by atoms with E-state index in [2.05, 4.69) is 15.5 Å². The zero-order valence-electron chi connectivity index (χ0n) is 15.1. The Morgan fingerprint density at radius 3 is 2.55 bits per heavy atom. The number of methoxy groups -OCH3 is 1. The molecule has 0 fully saturated rings. The van der Waals surface area contributed by atoms with Gasteiger partial charge in [-0.3, -0.25) is 10.1 Å². The molecule has 3 rings (SSSR count). The number of nitrogens with zero attached hydrogens (tertiary/aromatic N) is 2. The summed E-state index contributed by atoms with van der Waals surface area (Å²) < 4.78 is 35.0. The van der Waals surface area contributed by atoms with Crippen molar-refractivity contribution >= 4 is 45.0 Å². The molecule has 1 amide bonds. The van der Waals surface area contributed by atoms with Gasteiger partial charge in [0.2, 0.25) is 5.91 Å². The maximum Gasteiger partial charge on any atom is 0.322 e. The number of ether oxygens (including phenoxy) is 1. The van der Waals surface area contributed by atoms with Gasteiger partial charge in [-0.25, -0.2) is 8.42 Å². The molecule has 3 aromatic rings. The highest BCUT2D eigenvalue weighted by Crippen LogP contribution is 2.30. The van der Waals surface area contributed by atoms with Crippen LogP contribution in [0.4, 0.5) is 6.01 Å². The van der Waals surface area contributed by atoms with Gasteiger partial charge in [0.1, 0.15) is 5.75 Å². The fourth-order valence-electron chi connectivity index (χ4n) is 2.35. The third-order valence-electron chi connectivity index (χ3n) is 3.85. The Hall–Kier alpha value is -2.62. The van der Waals surface area contributed by atoms with Crippen molar-refractivity contribution in [1.29, 1.82) is 0 Å². The molecule has 0 bridgehead atoms. The normalized spacial score (nSPS) is 11.3. The Bertz CT molecular complexity index is 1130. The summed E-state index contributed by atoms with van der Waals surface area (Å²) in [5.41, 5.74) is 0.411. The summed E-state index contributed by atoms with van der Waals surface area (Å²) in [6.07, 6.45) is -0.288. The summed E-state index contributed by atoms with van der Waals surface area (Å²) in [6.45, 7) is 0. The molecular weight excluding hydrogens is 441 g/mol. The van der Waals surface area contributed by atoms with Gasteiger partial charge in [-0.2, -0.15) is 0 Å². The van der Waals surface area contributed by atoms with Crippen LogP contribution in [0.2, 0.25) is 10.0 Å². The number of hydrogen-bond donors (Lipinski definition) is 1. The van der Waals surface area contributed by atoms with Crippen molar-refractivity contribution in [2.75, 3.05) is 18.2 Å². The SMILES string of the molecule is COc1ccc(S(=O)(=O)CCC(=O)Nc2nnc(-c3cc(Cl)ccc3Cl)o2)cc1. The Morgan fingerprint density at radius 2 is 1.86 bits per heavy atom. The summed E-state index contributed by atoms with van der Waals surface area (Å²) in [6, 6.07) is 10.5. The molecule has 0 unspecified atom stereocenters. The molecule has 152 valence electrons. The fourth-order valence-corrected chi connectivity index (χ4v) is 3.96. The number of sulfone groups is 1. The molecule has 0 atom stereocenters. The summed E-state index contributed by atoms with van der Waals surface area (Å²) in [4.78, 5) is 12.2. The third kappa shape index (κ3) is 5.26. The van der Waals surface area contributed by atoms with Crippen LogP contribution in [0.5, 0.6) is 5.75 Å². The zero-order valence-corrected chi connectivity index (χ0v) is 17.4. The van der Waals surface area contributed by atoms with Crippen LogP contribution in [0.1, 0.15) is 6.42 Å². The highest BCUT2D eigenvalue weighted by molar-refractivity contribution is 7.91. The van der Waals surface area contributed by atoms with Gasteiger partial charge >= 0.3 is 6.01 Å². The first kappa shape index (κ1) is 21.1. The minimum Gasteiger partial charge on any atom is -0.497 e. The van der Waals surface area contributed by atoms with Gasteiger partial charge in [0.05, 0.1) is 28.3 Å². The summed E-state index contributed by atoms with van der Waals surface area (Å²) in [5, 5.41) is 10.7. The van der Waals surface area contributed by atoms with Gasteiger partial charge in [-0.1, -0.05) is 28.3 Å². The van der Waals surface area contributed by atoms with Gasteiger partial charge in [0, 0.05) is 11.4 Å². The number of nitrogens with one attached hydrogen (secondary N) is 1. The van der Waals surface area contributed by atoms with E-state index < -0.39 is 15.7 Å². The smallest absolute Gasteiger partial charge is 0.322 e. The molecule has 0 saturated carbocycles. The lowest BCUT2D eigenvalue weighted by atomic mass is 10.2. The lowest BCUT2D eigenvalue weighted by molar-refractivity contribution is -0.115. The van der Waals surface area contributed by atoms with Crippen LogP contribution in [0, 0.1) is 0 Å². The van der Waals surface area contributed by atoms with E-state index in [0.29, 0.717) is 21.4 Å². The largest absolute Gasteiger partial charge is 0.497 e. The second kappa shape index (κ2) is 8.81. The first-order valence-electron chi connectivity index (χ1n) is 8.24. The van der Waals surface area contributed by atoms with E-state index >= 15 is 0 Å². The van der Waals surface area contributed by atoms with Crippen molar-refractivity contribution in [2.24, 2.45) is 0 Å². The number of amides is 1. The predicted molar refractivity (Wildman–Crippen MR) is 108 cm³/mol. The minimum absolute atomic E-state index is 0.0682. The number of benzene rings is 2. The van der Waals surface area contributed by atoms with Crippen molar-refractivity contribution in [3.05, 3.63) is 52.5 Å². The van der Waals surface area contributed by atoms with Crippen LogP contribution >= 0.6 is 23.2 Å². The molecule has 0 spiro atoms. The van der Waals surface area contributed by atoms with E-state index in [-0.39, 0.29) is 29.0 Å². The maximum atomic E-state index is 12.3. The van der Waals surface area contributed by atoms with Crippen molar-refractivity contribution in [1.82, 2.24) is 10.2 Å². The van der Waals surface area contributed by atoms with Crippen LogP contribution in [0.15, 0.2) is 51.8 Å². The van der Waals surface area contributed by atoms with Crippen molar-refractivity contribution < 1.29 is 22.4 Å². The lowest BCUT2D eigenvalue weighted by Gasteiger charge is -2.05. The van der Waals surface area contributed by atoms with Gasteiger partial charge in [0.25, 0.3) is 5.89 Å². The molecule has 2 aromatic carbocycles. The van der Waals surface area contributed by atoms with Gasteiger partial charge < -0.3 is 9.15 Å². The van der Waals surface area contributed by atoms with Gasteiger partial charge in [-0.05, 0) is 42.5 Å². The number of halogens is 2. The predicted octanol–water partition coefficient (Wildman–Crippen LogP) is 3.85. The standard InChI is InChI=1S/C18H15Cl2N3O5S/c1-27-12-3-5-13(6-4-12)29(25,26)9-8-16(24)21-18-23-22-17(28-18)14-10-11(19)2-7-15(14)20/h2-7,10H,8-9H2,1H3,(H,21,23,24). The topological polar surface area (TPSA) is 111 Å². The molecule has 0 aliphatic rings. The first-order chi connectivity index (χ1) is 13.8. The second-order valence-electron chi connectivity index (χ2n) is 5.83. The molecule has 8 nitrogen and oxygen atoms in total. The number of anilines is 1. The van der Waals surface area contributed by atoms with Crippen LogP contribution in [-0.2, 0) is 14.6 Å². The average molecular weight is 456 g/mol. The average Bonchev–Trinajstić information content (AvgIpc) is 3.16. The maximum absolute atomic E-state index is 12.3. The molecule has 0 radical (unpaired) electrons. The second-order valence-corrected chi connectivity index (χ2v) is 8.78. The Balaban J connectivity index is 1.62. The van der Waals surface area contributed by atoms with E-state index in [1.807, 2.05) is 0 Å². The third-order valence-corrected chi connectivity index (χ3v) is 6.14. The molecule has 29 heavy (non-hydrogen) atoms. The number of rotatable bonds is 7. The Labute approximate surface area is 176 Å². The van der Waals surface area contributed by atoms with Gasteiger partial charge in [-0.15, -0.1) is 5.10 Å². The van der Waals surface area contributed by atoms with Crippen LogP contribution < -0.4 is 10.1 Å². The quantitative estimate of drug-likeness (QED) is 0.575. The summed E-state index contributed by atoms with van der Waals surface area (Å²) in [7, 11) is -2.15. The number of carbonyl (C=O) groups is 1. The summed E-state index contributed by atoms with van der Waals surface area (Å²) >= 11 is 12.0. The van der Waals surface area contributed by atoms with E-state index in [1.54, 1.807) is 18.2 Å². The van der Waals surface area contributed by atoms with E-state index in [1.165, 1.54) is 31.4 Å². The van der Waals surface area contributed by atoms with Crippen LogP contribution in [-0.4, -0.2) is 37.4 Å². The molecule has 1 N–H and O–H groups in total. The minimum atomic E-state index is -3.64. The van der Waals surface area contributed by atoms with Crippen molar-refractivity contribution in [3.63, 3.8) is 0 Å². The monoisotopic (exact) mass is 455 g/mol. The summed E-state index contributed by atoms with van der Waals surface area (Å²) in [5.74, 6) is -0.367. The van der Waals surface area contributed by atoms with Gasteiger partial charge in [0.15, 0.2) is 9.84 Å². The Morgan fingerprint density at radius 1 is 1.14 bits per heavy atom. The molecular formula is C18H15Cl2N3O5S. The Kier molecular flexibility index (Phi) is 6.41. The first-order valence-corrected chi connectivity index (χ1v) is 10.6. The zero-order chi connectivity index (χ0) is 21.0. The van der Waals surface area contributed by atoms with Crippen LogP contribution in [0.25, 0.3) is 11.5 Å². The lowest BCUT2D eigenvalue weighted by Crippen LogP contribution is -2.17. The van der Waals surface area contributed by atoms with E-state index in [9.17, 15) is 13.2 Å². The van der Waals surface area contributed by atoms with Crippen LogP contribution in [0.3, 0.4) is 0 Å². The van der Waals surface area contributed by atoms with E-state index in [0.717, 1.165) is 0 Å². The molecule has 0 aliphatic heterocycles. The van der Waals surface area contributed by atoms with Crippen molar-refractivity contribution in [3.8, 4) is 17.2 Å². The molecule has 0 aliphatic carbocycles. The number of carbonyl (C=O) groups excluding carboxylic acids is 1. The fraction of sp³-hybridized carbons (Fsp3) is 0.167. The van der Waals surface area contributed by atoms with E-state index in [4.69, 9.17) is 32.4 Å².